The number of hydrogen-bond acceptors (Lipinski definition) is 2. The van der Waals surface area contributed by atoms with Crippen LogP contribution in [0.1, 0.15) is 13.8 Å². The number of hydroxylamine groups is 1. The molecule has 0 bridgehead atoms. The molecule has 4 nitrogen and oxygen atoms in total. The van der Waals surface area contributed by atoms with E-state index in [0.717, 1.165) is 5.69 Å². The molecule has 1 saturated heterocycles. The number of para-hydroxylation sites is 1. The molecule has 0 spiro atoms. The van der Waals surface area contributed by atoms with Crippen molar-refractivity contribution in [3.63, 3.8) is 0 Å². The van der Waals surface area contributed by atoms with E-state index < -0.39 is 5.72 Å². The third-order valence-corrected chi connectivity index (χ3v) is 2.14. The maximum absolute atomic E-state index is 11.5. The highest BCUT2D eigenvalue weighted by molar-refractivity contribution is 5.93. The molecule has 14 heavy (non-hydrogen) atoms. The smallest absolute Gasteiger partial charge is 0.261 e. The van der Waals surface area contributed by atoms with Crippen molar-refractivity contribution in [1.82, 2.24) is 5.48 Å². The van der Waals surface area contributed by atoms with Gasteiger partial charge in [0.1, 0.15) is 0 Å². The van der Waals surface area contributed by atoms with Crippen molar-refractivity contribution < 1.29 is 9.63 Å². The molecule has 1 heterocycles. The molecule has 1 aliphatic heterocycles. The summed E-state index contributed by atoms with van der Waals surface area (Å²) in [5.41, 5.74) is 2.53. The van der Waals surface area contributed by atoms with Crippen LogP contribution in [0.5, 0.6) is 0 Å². The summed E-state index contributed by atoms with van der Waals surface area (Å²) in [6.07, 6.45) is 0. The van der Waals surface area contributed by atoms with Gasteiger partial charge in [0.2, 0.25) is 0 Å². The van der Waals surface area contributed by atoms with Crippen LogP contribution in [0, 0.1) is 0 Å². The van der Waals surface area contributed by atoms with E-state index in [4.69, 9.17) is 4.84 Å². The van der Waals surface area contributed by atoms with Crippen molar-refractivity contribution in [2.45, 2.75) is 19.6 Å². The van der Waals surface area contributed by atoms with Gasteiger partial charge in [0.25, 0.3) is 0 Å². The summed E-state index contributed by atoms with van der Waals surface area (Å²) in [6, 6.07) is 9.19. The Hall–Kier alpha value is -1.55. The predicted octanol–water partition coefficient (Wildman–Crippen LogP) is 1.88. The Morgan fingerprint density at radius 3 is 2.43 bits per heavy atom. The Bertz CT molecular complexity index is 348. The van der Waals surface area contributed by atoms with Crippen molar-refractivity contribution in [3.8, 4) is 0 Å². The van der Waals surface area contributed by atoms with Crippen LogP contribution in [0.2, 0.25) is 0 Å². The molecular weight excluding hydrogens is 180 g/mol. The molecule has 2 rings (SSSR count). The highest BCUT2D eigenvalue weighted by atomic mass is 16.7. The van der Waals surface area contributed by atoms with Gasteiger partial charge in [0.15, 0.2) is 5.72 Å². The number of urea groups is 1. The first-order chi connectivity index (χ1) is 6.61. The van der Waals surface area contributed by atoms with Crippen molar-refractivity contribution >= 4 is 11.7 Å². The van der Waals surface area contributed by atoms with Gasteiger partial charge in [0.05, 0.1) is 0 Å². The minimum atomic E-state index is -0.640. The lowest BCUT2D eigenvalue weighted by Gasteiger charge is -2.27. The van der Waals surface area contributed by atoms with E-state index in [0.29, 0.717) is 0 Å². The second kappa shape index (κ2) is 2.99. The molecule has 0 saturated carbocycles. The normalized spacial score (nSPS) is 19.6. The van der Waals surface area contributed by atoms with Gasteiger partial charge in [0, 0.05) is 5.69 Å². The minimum absolute atomic E-state index is 0.235. The first-order valence-electron chi connectivity index (χ1n) is 4.44. The molecule has 0 unspecified atom stereocenters. The maximum Gasteiger partial charge on any atom is 0.348 e. The largest absolute Gasteiger partial charge is 0.348 e. The van der Waals surface area contributed by atoms with Crippen molar-refractivity contribution in [2.75, 3.05) is 4.90 Å². The number of carbonyl (C=O) groups excluding carboxylic acids is 1. The van der Waals surface area contributed by atoms with E-state index in [9.17, 15) is 4.79 Å². The van der Waals surface area contributed by atoms with E-state index in [1.54, 1.807) is 4.90 Å². The SMILES string of the molecule is CC1(C)ONC(=O)N1c1ccccc1. The van der Waals surface area contributed by atoms with E-state index in [1.165, 1.54) is 0 Å². The number of rotatable bonds is 1. The van der Waals surface area contributed by atoms with Crippen LogP contribution >= 0.6 is 0 Å². The summed E-state index contributed by atoms with van der Waals surface area (Å²) in [7, 11) is 0. The standard InChI is InChI=1S/C10H12N2O2/c1-10(2)12(9(13)11-14-10)8-6-4-3-5-7-8/h3-7H,1-2H3,(H,11,13). The summed E-state index contributed by atoms with van der Waals surface area (Å²) in [5, 5.41) is 0. The fourth-order valence-electron chi connectivity index (χ4n) is 1.51. The lowest BCUT2D eigenvalue weighted by Crippen LogP contribution is -2.41. The van der Waals surface area contributed by atoms with Gasteiger partial charge in [-0.05, 0) is 26.0 Å². The van der Waals surface area contributed by atoms with Crippen LogP contribution in [-0.2, 0) is 4.84 Å². The second-order valence-electron chi connectivity index (χ2n) is 3.63. The first-order valence-corrected chi connectivity index (χ1v) is 4.44. The molecule has 74 valence electrons. The van der Waals surface area contributed by atoms with Crippen LogP contribution < -0.4 is 10.4 Å². The zero-order chi connectivity index (χ0) is 10.2. The third-order valence-electron chi connectivity index (χ3n) is 2.14. The highest BCUT2D eigenvalue weighted by Gasteiger charge is 2.40. The highest BCUT2D eigenvalue weighted by Crippen LogP contribution is 2.27. The van der Waals surface area contributed by atoms with Crippen LogP contribution in [0.3, 0.4) is 0 Å². The number of amides is 2. The first kappa shape index (κ1) is 9.02. The van der Waals surface area contributed by atoms with Gasteiger partial charge in [-0.3, -0.25) is 4.90 Å². The molecule has 2 amide bonds. The molecule has 0 radical (unpaired) electrons. The van der Waals surface area contributed by atoms with Gasteiger partial charge in [-0.25, -0.2) is 15.1 Å². The summed E-state index contributed by atoms with van der Waals surface area (Å²) >= 11 is 0. The van der Waals surface area contributed by atoms with Crippen LogP contribution in [0.4, 0.5) is 10.5 Å². The lowest BCUT2D eigenvalue weighted by molar-refractivity contribution is -0.0211. The topological polar surface area (TPSA) is 41.6 Å². The molecular formula is C10H12N2O2. The Labute approximate surface area is 82.4 Å². The Balaban J connectivity index is 2.38. The molecule has 1 aliphatic rings. The zero-order valence-electron chi connectivity index (χ0n) is 8.15. The van der Waals surface area contributed by atoms with Crippen LogP contribution in [-0.4, -0.2) is 11.8 Å². The Morgan fingerprint density at radius 1 is 1.29 bits per heavy atom. The quantitative estimate of drug-likeness (QED) is 0.738. The van der Waals surface area contributed by atoms with Crippen molar-refractivity contribution in [2.24, 2.45) is 0 Å². The van der Waals surface area contributed by atoms with Gasteiger partial charge < -0.3 is 0 Å². The van der Waals surface area contributed by atoms with Gasteiger partial charge in [-0.1, -0.05) is 18.2 Å². The minimum Gasteiger partial charge on any atom is -0.261 e. The van der Waals surface area contributed by atoms with Gasteiger partial charge in [-0.15, -0.1) is 0 Å². The Morgan fingerprint density at radius 2 is 1.93 bits per heavy atom. The average Bonchev–Trinajstić information content (AvgIpc) is 2.42. The second-order valence-corrected chi connectivity index (χ2v) is 3.63. The molecule has 0 aliphatic carbocycles. The van der Waals surface area contributed by atoms with E-state index >= 15 is 0 Å². The number of anilines is 1. The summed E-state index contributed by atoms with van der Waals surface area (Å²) in [4.78, 5) is 18.2. The fraction of sp³-hybridized carbons (Fsp3) is 0.300. The number of nitrogens with zero attached hydrogens (tertiary/aromatic N) is 1. The number of benzene rings is 1. The molecule has 4 heteroatoms. The summed E-state index contributed by atoms with van der Waals surface area (Å²) < 4.78 is 0. The molecule has 1 N–H and O–H groups in total. The monoisotopic (exact) mass is 192 g/mol. The van der Waals surface area contributed by atoms with Crippen LogP contribution in [0.15, 0.2) is 30.3 Å². The lowest BCUT2D eigenvalue weighted by atomic mass is 10.2. The van der Waals surface area contributed by atoms with Gasteiger partial charge in [-0.2, -0.15) is 0 Å². The predicted molar refractivity (Wildman–Crippen MR) is 52.6 cm³/mol. The van der Waals surface area contributed by atoms with E-state index in [2.05, 4.69) is 5.48 Å². The van der Waals surface area contributed by atoms with E-state index in [1.807, 2.05) is 44.2 Å². The van der Waals surface area contributed by atoms with Crippen molar-refractivity contribution in [3.05, 3.63) is 30.3 Å². The molecule has 0 aromatic heterocycles. The average molecular weight is 192 g/mol. The summed E-state index contributed by atoms with van der Waals surface area (Å²) in [5.74, 6) is 0. The zero-order valence-corrected chi connectivity index (χ0v) is 8.15. The molecule has 1 aromatic rings. The fourth-order valence-corrected chi connectivity index (χ4v) is 1.51. The summed E-state index contributed by atoms with van der Waals surface area (Å²) in [6.45, 7) is 3.66. The number of carbonyl (C=O) groups is 1. The maximum atomic E-state index is 11.5. The molecule has 1 aromatic carbocycles. The van der Waals surface area contributed by atoms with Gasteiger partial charge >= 0.3 is 6.03 Å². The number of hydrogen-bond donors (Lipinski definition) is 1. The molecule has 0 atom stereocenters. The van der Waals surface area contributed by atoms with E-state index in [-0.39, 0.29) is 6.03 Å². The Kier molecular flexibility index (Phi) is 1.93. The van der Waals surface area contributed by atoms with Crippen molar-refractivity contribution in [1.29, 1.82) is 0 Å². The third kappa shape index (κ3) is 1.33. The van der Waals surface area contributed by atoms with Crippen LogP contribution in [0.25, 0.3) is 0 Å². The molecule has 1 fully saturated rings. The number of nitrogens with one attached hydrogen (secondary N) is 1.